The molecule has 2 heterocycles. The molecular formula is C30H34N2O6S. The molecule has 2 aliphatic heterocycles. The largest absolute Gasteiger partial charge is 0.497 e. The first-order valence-corrected chi connectivity index (χ1v) is 14.7. The predicted molar refractivity (Wildman–Crippen MR) is 149 cm³/mol. The molecule has 5 rings (SSSR count). The smallest absolute Gasteiger partial charge is 0.264 e. The third-order valence-electron chi connectivity index (χ3n) is 7.73. The van der Waals surface area contributed by atoms with Crippen LogP contribution in [0.25, 0.3) is 0 Å². The lowest BCUT2D eigenvalue weighted by atomic mass is 9.83. The highest BCUT2D eigenvalue weighted by Crippen LogP contribution is 2.43. The Labute approximate surface area is 229 Å². The Balaban J connectivity index is 1.46. The van der Waals surface area contributed by atoms with Crippen molar-refractivity contribution in [2.45, 2.75) is 62.7 Å². The first-order valence-electron chi connectivity index (χ1n) is 13.2. The molecule has 0 aliphatic carbocycles. The minimum atomic E-state index is -3.99. The van der Waals surface area contributed by atoms with Gasteiger partial charge in [0.15, 0.2) is 6.10 Å². The van der Waals surface area contributed by atoms with Crippen LogP contribution >= 0.6 is 0 Å². The number of sulfonamides is 1. The summed E-state index contributed by atoms with van der Waals surface area (Å²) in [6.07, 6.45) is 1.16. The van der Waals surface area contributed by atoms with Gasteiger partial charge in [0, 0.05) is 12.0 Å². The number of methoxy groups -OCH3 is 1. The van der Waals surface area contributed by atoms with Crippen LogP contribution in [0.1, 0.15) is 50.3 Å². The number of amides is 1. The summed E-state index contributed by atoms with van der Waals surface area (Å²) in [7, 11) is -2.47. The summed E-state index contributed by atoms with van der Waals surface area (Å²) in [6, 6.07) is 18.9. The van der Waals surface area contributed by atoms with Crippen LogP contribution in [0.3, 0.4) is 0 Å². The maximum Gasteiger partial charge on any atom is 0.264 e. The molecule has 0 radical (unpaired) electrons. The van der Waals surface area contributed by atoms with Crippen LogP contribution in [0, 0.1) is 6.92 Å². The number of aryl methyl sites for hydroxylation is 1. The minimum Gasteiger partial charge on any atom is -0.497 e. The first kappa shape index (κ1) is 26.9. The molecule has 1 amide bonds. The van der Waals surface area contributed by atoms with Crippen molar-refractivity contribution in [3.63, 3.8) is 0 Å². The van der Waals surface area contributed by atoms with E-state index >= 15 is 0 Å². The van der Waals surface area contributed by atoms with Gasteiger partial charge in [-0.1, -0.05) is 38.1 Å². The van der Waals surface area contributed by atoms with E-state index in [1.54, 1.807) is 24.3 Å². The summed E-state index contributed by atoms with van der Waals surface area (Å²) in [4.78, 5) is 13.8. The van der Waals surface area contributed by atoms with E-state index in [9.17, 15) is 13.2 Å². The Morgan fingerprint density at radius 2 is 1.77 bits per heavy atom. The minimum absolute atomic E-state index is 0.102. The van der Waals surface area contributed by atoms with E-state index in [1.807, 2.05) is 37.3 Å². The van der Waals surface area contributed by atoms with Crippen molar-refractivity contribution in [2.24, 2.45) is 0 Å². The highest BCUT2D eigenvalue weighted by atomic mass is 32.2. The molecule has 9 heteroatoms. The lowest BCUT2D eigenvalue weighted by Crippen LogP contribution is -2.52. The maximum absolute atomic E-state index is 13.8. The third-order valence-corrected chi connectivity index (χ3v) is 9.52. The lowest BCUT2D eigenvalue weighted by molar-refractivity contribution is -0.129. The molecular weight excluding hydrogens is 516 g/mol. The molecule has 39 heavy (non-hydrogen) atoms. The van der Waals surface area contributed by atoms with Crippen LogP contribution in [-0.2, 0) is 14.8 Å². The van der Waals surface area contributed by atoms with E-state index in [-0.39, 0.29) is 23.4 Å². The molecule has 0 saturated carbocycles. The first-order chi connectivity index (χ1) is 18.7. The Kier molecular flexibility index (Phi) is 7.20. The van der Waals surface area contributed by atoms with E-state index in [4.69, 9.17) is 14.2 Å². The summed E-state index contributed by atoms with van der Waals surface area (Å²) in [6.45, 7) is 5.90. The van der Waals surface area contributed by atoms with Crippen molar-refractivity contribution >= 4 is 21.6 Å². The summed E-state index contributed by atoms with van der Waals surface area (Å²) in [5, 5.41) is 3.16. The normalized spacial score (nSPS) is 19.6. The molecule has 0 fully saturated rings. The zero-order valence-electron chi connectivity index (χ0n) is 22.6. The fraction of sp³-hybridized carbons (Fsp3) is 0.367. The Morgan fingerprint density at radius 1 is 1.05 bits per heavy atom. The highest BCUT2D eigenvalue weighted by molar-refractivity contribution is 7.92. The van der Waals surface area contributed by atoms with Crippen molar-refractivity contribution in [1.29, 1.82) is 0 Å². The quantitative estimate of drug-likeness (QED) is 0.437. The van der Waals surface area contributed by atoms with E-state index in [0.29, 0.717) is 23.6 Å². The van der Waals surface area contributed by atoms with E-state index in [0.717, 1.165) is 29.7 Å². The second-order valence-corrected chi connectivity index (χ2v) is 11.9. The molecule has 0 unspecified atom stereocenters. The number of carbonyl (C=O) groups excluding carboxylic acids is 1. The maximum atomic E-state index is 13.8. The zero-order chi connectivity index (χ0) is 27.8. The topological polar surface area (TPSA) is 94.2 Å². The van der Waals surface area contributed by atoms with Crippen molar-refractivity contribution in [3.8, 4) is 17.2 Å². The summed E-state index contributed by atoms with van der Waals surface area (Å²) in [5.74, 6) is 1.28. The Bertz CT molecular complexity index is 1470. The lowest BCUT2D eigenvalue weighted by Gasteiger charge is -2.42. The van der Waals surface area contributed by atoms with Crippen LogP contribution in [0.15, 0.2) is 71.6 Å². The van der Waals surface area contributed by atoms with Gasteiger partial charge in [-0.25, -0.2) is 8.42 Å². The summed E-state index contributed by atoms with van der Waals surface area (Å²) in [5.41, 5.74) is 1.80. The van der Waals surface area contributed by atoms with Gasteiger partial charge < -0.3 is 19.5 Å². The molecule has 3 aromatic rings. The van der Waals surface area contributed by atoms with Gasteiger partial charge in [-0.2, -0.15) is 0 Å². The average Bonchev–Trinajstić information content (AvgIpc) is 2.96. The molecule has 2 atom stereocenters. The Hall–Kier alpha value is -3.72. The van der Waals surface area contributed by atoms with Crippen molar-refractivity contribution in [1.82, 2.24) is 5.32 Å². The molecule has 3 aromatic carbocycles. The zero-order valence-corrected chi connectivity index (χ0v) is 23.5. The van der Waals surface area contributed by atoms with Gasteiger partial charge >= 0.3 is 0 Å². The molecule has 2 aliphatic rings. The van der Waals surface area contributed by atoms with Crippen LogP contribution in [-0.4, -0.2) is 39.7 Å². The number of benzene rings is 3. The number of nitrogens with zero attached hydrogens (tertiary/aromatic N) is 1. The van der Waals surface area contributed by atoms with Gasteiger partial charge in [-0.3, -0.25) is 9.10 Å². The number of carbonyl (C=O) groups is 1. The number of fused-ring (bicyclic) bond motifs is 2. The van der Waals surface area contributed by atoms with E-state index in [2.05, 4.69) is 19.2 Å². The number of nitrogens with one attached hydrogen (secondary N) is 1. The van der Waals surface area contributed by atoms with Gasteiger partial charge in [0.05, 0.1) is 30.3 Å². The van der Waals surface area contributed by atoms with Gasteiger partial charge in [0.25, 0.3) is 15.9 Å². The van der Waals surface area contributed by atoms with Crippen molar-refractivity contribution in [3.05, 3.63) is 77.9 Å². The number of anilines is 1. The fourth-order valence-electron chi connectivity index (χ4n) is 5.29. The average molecular weight is 551 g/mol. The molecule has 206 valence electrons. The second kappa shape index (κ2) is 10.4. The van der Waals surface area contributed by atoms with Crippen LogP contribution in [0.5, 0.6) is 17.2 Å². The molecule has 0 bridgehead atoms. The standard InChI is InChI=1S/C30H34N2O6S/c1-5-30(6-2)18-24(23-9-7-8-10-26(23)38-30)31-29(33)28-19-32(25-16-11-20(3)17-27(25)37-28)39(34,35)22-14-12-21(36-4)13-15-22/h7-17,24,28H,5-6,18-19H2,1-4H3,(H,31,33)/t24-,28+/m0/s1. The summed E-state index contributed by atoms with van der Waals surface area (Å²) >= 11 is 0. The molecule has 0 saturated heterocycles. The highest BCUT2D eigenvalue weighted by Gasteiger charge is 2.42. The molecule has 1 N–H and O–H groups in total. The van der Waals surface area contributed by atoms with Gasteiger partial charge in [-0.15, -0.1) is 0 Å². The number of ether oxygens (including phenoxy) is 3. The molecule has 8 nitrogen and oxygen atoms in total. The fourth-order valence-corrected chi connectivity index (χ4v) is 6.77. The monoisotopic (exact) mass is 550 g/mol. The van der Waals surface area contributed by atoms with E-state index < -0.39 is 21.7 Å². The number of hydrogen-bond acceptors (Lipinski definition) is 6. The SMILES string of the molecule is CCC1(CC)C[C@H](NC(=O)[C@H]2CN(S(=O)(=O)c3ccc(OC)cc3)c3ccc(C)cc3O2)c2ccccc2O1. The van der Waals surface area contributed by atoms with Crippen LogP contribution in [0.2, 0.25) is 0 Å². The van der Waals surface area contributed by atoms with Gasteiger partial charge in [0.2, 0.25) is 0 Å². The number of rotatable bonds is 7. The van der Waals surface area contributed by atoms with Gasteiger partial charge in [0.1, 0.15) is 22.8 Å². The predicted octanol–water partition coefficient (Wildman–Crippen LogP) is 5.16. The summed E-state index contributed by atoms with van der Waals surface area (Å²) < 4.78 is 46.6. The van der Waals surface area contributed by atoms with E-state index in [1.165, 1.54) is 23.5 Å². The van der Waals surface area contributed by atoms with Crippen molar-refractivity contribution in [2.75, 3.05) is 18.0 Å². The third kappa shape index (κ3) is 5.03. The van der Waals surface area contributed by atoms with Crippen LogP contribution in [0.4, 0.5) is 5.69 Å². The molecule has 0 aromatic heterocycles. The molecule has 0 spiro atoms. The van der Waals surface area contributed by atoms with Crippen molar-refractivity contribution < 1.29 is 27.4 Å². The Morgan fingerprint density at radius 3 is 2.46 bits per heavy atom. The van der Waals surface area contributed by atoms with Gasteiger partial charge in [-0.05, 0) is 67.8 Å². The number of hydrogen-bond donors (Lipinski definition) is 1. The number of para-hydroxylation sites is 1. The van der Waals surface area contributed by atoms with Crippen LogP contribution < -0.4 is 23.8 Å². The second-order valence-electron chi connectivity index (χ2n) is 10.1.